The number of aromatic nitrogens is 2. The molecule has 4 nitrogen and oxygen atoms in total. The highest BCUT2D eigenvalue weighted by Gasteiger charge is 2.17. The van der Waals surface area contributed by atoms with Crippen LogP contribution in [-0.2, 0) is 0 Å². The number of nitrogens with one attached hydrogen (secondary N) is 1. The number of benzene rings is 2. The summed E-state index contributed by atoms with van der Waals surface area (Å²) in [7, 11) is 1.59. The molecule has 1 atom stereocenters. The first-order valence-electron chi connectivity index (χ1n) is 6.71. The Kier molecular flexibility index (Phi) is 3.71. The lowest BCUT2D eigenvalue weighted by Crippen LogP contribution is -2.02. The minimum absolute atomic E-state index is 0.637. The topological polar surface area (TPSA) is 58.1 Å². The van der Waals surface area contributed by atoms with Crippen LogP contribution in [0, 0.1) is 0 Å². The highest BCUT2D eigenvalue weighted by Crippen LogP contribution is 2.29. The van der Waals surface area contributed by atoms with E-state index in [1.54, 1.807) is 13.3 Å². The molecule has 4 heteroatoms. The third-order valence-corrected chi connectivity index (χ3v) is 3.37. The molecule has 0 aliphatic carbocycles. The molecule has 106 valence electrons. The number of hydrogen-bond acceptors (Lipinski definition) is 3. The molecule has 0 fully saturated rings. The summed E-state index contributed by atoms with van der Waals surface area (Å²) in [6.45, 7) is 0. The van der Waals surface area contributed by atoms with Crippen LogP contribution < -0.4 is 4.74 Å². The summed E-state index contributed by atoms with van der Waals surface area (Å²) in [5.74, 6) is 1.39. The average Bonchev–Trinajstić information content (AvgIpc) is 3.05. The second kappa shape index (κ2) is 5.81. The maximum atomic E-state index is 10.5. The quantitative estimate of drug-likeness (QED) is 0.771. The maximum Gasteiger partial charge on any atom is 0.137 e. The van der Waals surface area contributed by atoms with Crippen molar-refractivity contribution in [2.45, 2.75) is 6.10 Å². The predicted molar refractivity (Wildman–Crippen MR) is 81.1 cm³/mol. The second-order valence-electron chi connectivity index (χ2n) is 4.70. The van der Waals surface area contributed by atoms with E-state index in [1.807, 2.05) is 54.6 Å². The number of imidazole rings is 1. The van der Waals surface area contributed by atoms with E-state index in [0.717, 1.165) is 11.4 Å². The first kappa shape index (κ1) is 13.4. The fraction of sp³-hybridized carbons (Fsp3) is 0.118. The van der Waals surface area contributed by atoms with E-state index in [1.165, 1.54) is 0 Å². The third-order valence-electron chi connectivity index (χ3n) is 3.37. The Morgan fingerprint density at radius 3 is 2.52 bits per heavy atom. The second-order valence-corrected chi connectivity index (χ2v) is 4.70. The van der Waals surface area contributed by atoms with E-state index < -0.39 is 6.10 Å². The molecule has 0 amide bonds. The lowest BCUT2D eigenvalue weighted by molar-refractivity contribution is 0.210. The van der Waals surface area contributed by atoms with Gasteiger partial charge >= 0.3 is 0 Å². The standard InChI is InChI=1S/C17H16N2O2/c1-21-15-10-6-5-9-13(15)16(20)14-11-18-17(19-14)12-7-3-2-4-8-12/h2-11,16,20H,1H3,(H,18,19). The summed E-state index contributed by atoms with van der Waals surface area (Å²) < 4.78 is 5.29. The third kappa shape index (κ3) is 2.66. The van der Waals surface area contributed by atoms with Gasteiger partial charge in [-0.15, -0.1) is 0 Å². The number of ether oxygens (including phenoxy) is 1. The molecule has 0 saturated carbocycles. The smallest absolute Gasteiger partial charge is 0.137 e. The summed E-state index contributed by atoms with van der Waals surface area (Å²) >= 11 is 0. The Balaban J connectivity index is 1.93. The first-order valence-corrected chi connectivity index (χ1v) is 6.71. The largest absolute Gasteiger partial charge is 0.496 e. The summed E-state index contributed by atoms with van der Waals surface area (Å²) in [5.41, 5.74) is 2.33. The van der Waals surface area contributed by atoms with Gasteiger partial charge in [0.2, 0.25) is 0 Å². The van der Waals surface area contributed by atoms with Gasteiger partial charge in [0.1, 0.15) is 17.7 Å². The van der Waals surface area contributed by atoms with E-state index in [4.69, 9.17) is 4.74 Å². The van der Waals surface area contributed by atoms with Gasteiger partial charge in [0, 0.05) is 11.1 Å². The lowest BCUT2D eigenvalue weighted by Gasteiger charge is -2.13. The summed E-state index contributed by atoms with van der Waals surface area (Å²) in [4.78, 5) is 7.49. The van der Waals surface area contributed by atoms with Gasteiger partial charge in [0.15, 0.2) is 0 Å². The van der Waals surface area contributed by atoms with Crippen LogP contribution in [0.4, 0.5) is 0 Å². The molecular weight excluding hydrogens is 264 g/mol. The molecule has 0 saturated heterocycles. The van der Waals surface area contributed by atoms with Crippen LogP contribution in [0.25, 0.3) is 11.4 Å². The van der Waals surface area contributed by atoms with Crippen LogP contribution in [0.5, 0.6) is 5.75 Å². The van der Waals surface area contributed by atoms with Crippen molar-refractivity contribution in [3.63, 3.8) is 0 Å². The lowest BCUT2D eigenvalue weighted by atomic mass is 10.1. The zero-order valence-electron chi connectivity index (χ0n) is 11.7. The first-order chi connectivity index (χ1) is 10.3. The molecular formula is C17H16N2O2. The number of rotatable bonds is 4. The highest BCUT2D eigenvalue weighted by atomic mass is 16.5. The molecule has 1 unspecified atom stereocenters. The van der Waals surface area contributed by atoms with Crippen molar-refractivity contribution in [1.82, 2.24) is 9.97 Å². The molecule has 21 heavy (non-hydrogen) atoms. The molecule has 2 N–H and O–H groups in total. The van der Waals surface area contributed by atoms with Gasteiger partial charge in [-0.2, -0.15) is 0 Å². The molecule has 0 bridgehead atoms. The molecule has 1 aromatic heterocycles. The summed E-state index contributed by atoms with van der Waals surface area (Å²) in [6.07, 6.45) is 0.852. The van der Waals surface area contributed by atoms with Crippen LogP contribution in [0.15, 0.2) is 60.8 Å². The molecule has 3 aromatic rings. The Morgan fingerprint density at radius 2 is 1.76 bits per heavy atom. The van der Waals surface area contributed by atoms with Crippen LogP contribution in [0.2, 0.25) is 0 Å². The average molecular weight is 280 g/mol. The predicted octanol–water partition coefficient (Wildman–Crippen LogP) is 3.17. The van der Waals surface area contributed by atoms with E-state index >= 15 is 0 Å². The Bertz CT molecular complexity index is 722. The Morgan fingerprint density at radius 1 is 1.05 bits per heavy atom. The van der Waals surface area contributed by atoms with Gasteiger partial charge in [0.05, 0.1) is 19.0 Å². The van der Waals surface area contributed by atoms with Crippen molar-refractivity contribution < 1.29 is 9.84 Å². The van der Waals surface area contributed by atoms with Crippen LogP contribution in [0.3, 0.4) is 0 Å². The summed E-state index contributed by atoms with van der Waals surface area (Å²) in [5, 5.41) is 10.5. The number of para-hydroxylation sites is 1. The molecule has 0 radical (unpaired) electrons. The van der Waals surface area contributed by atoms with Crippen molar-refractivity contribution in [2.24, 2.45) is 0 Å². The fourth-order valence-corrected chi connectivity index (χ4v) is 2.28. The van der Waals surface area contributed by atoms with Crippen LogP contribution >= 0.6 is 0 Å². The number of aromatic amines is 1. The van der Waals surface area contributed by atoms with E-state index in [-0.39, 0.29) is 0 Å². The van der Waals surface area contributed by atoms with Gasteiger partial charge < -0.3 is 14.8 Å². The molecule has 2 aromatic carbocycles. The van der Waals surface area contributed by atoms with E-state index in [2.05, 4.69) is 9.97 Å². The number of hydrogen-bond donors (Lipinski definition) is 2. The number of aliphatic hydroxyl groups is 1. The molecule has 3 rings (SSSR count). The number of H-pyrrole nitrogens is 1. The van der Waals surface area contributed by atoms with Gasteiger partial charge in [-0.3, -0.25) is 0 Å². The zero-order valence-corrected chi connectivity index (χ0v) is 11.7. The van der Waals surface area contributed by atoms with Crippen molar-refractivity contribution in [3.8, 4) is 17.1 Å². The van der Waals surface area contributed by atoms with E-state index in [9.17, 15) is 5.11 Å². The molecule has 0 spiro atoms. The van der Waals surface area contributed by atoms with Crippen molar-refractivity contribution >= 4 is 0 Å². The van der Waals surface area contributed by atoms with Crippen molar-refractivity contribution in [3.05, 3.63) is 72.1 Å². The van der Waals surface area contributed by atoms with Gasteiger partial charge in [0.25, 0.3) is 0 Å². The van der Waals surface area contributed by atoms with Crippen molar-refractivity contribution in [2.75, 3.05) is 7.11 Å². The number of aliphatic hydroxyl groups excluding tert-OH is 1. The van der Waals surface area contributed by atoms with Gasteiger partial charge in [-0.1, -0.05) is 48.5 Å². The van der Waals surface area contributed by atoms with Crippen molar-refractivity contribution in [1.29, 1.82) is 0 Å². The molecule has 0 aliphatic heterocycles. The summed E-state index contributed by atoms with van der Waals surface area (Å²) in [6, 6.07) is 17.2. The normalized spacial score (nSPS) is 12.1. The molecule has 1 heterocycles. The SMILES string of the molecule is COc1ccccc1C(O)c1cnc(-c2ccccc2)[nH]1. The van der Waals surface area contributed by atoms with Crippen LogP contribution in [0.1, 0.15) is 17.4 Å². The molecule has 0 aliphatic rings. The highest BCUT2D eigenvalue weighted by molar-refractivity contribution is 5.55. The minimum Gasteiger partial charge on any atom is -0.496 e. The zero-order chi connectivity index (χ0) is 14.7. The Hall–Kier alpha value is -2.59. The van der Waals surface area contributed by atoms with Gasteiger partial charge in [-0.25, -0.2) is 4.98 Å². The Labute approximate surface area is 123 Å². The number of nitrogens with zero attached hydrogens (tertiary/aromatic N) is 1. The van der Waals surface area contributed by atoms with Crippen LogP contribution in [-0.4, -0.2) is 22.2 Å². The maximum absolute atomic E-state index is 10.5. The fourth-order valence-electron chi connectivity index (χ4n) is 2.28. The van der Waals surface area contributed by atoms with E-state index in [0.29, 0.717) is 17.0 Å². The monoisotopic (exact) mass is 280 g/mol. The van der Waals surface area contributed by atoms with Gasteiger partial charge in [-0.05, 0) is 6.07 Å². The minimum atomic E-state index is -0.800. The number of methoxy groups -OCH3 is 1.